The van der Waals surface area contributed by atoms with Crippen molar-refractivity contribution in [3.05, 3.63) is 23.9 Å². The van der Waals surface area contributed by atoms with Crippen LogP contribution in [-0.4, -0.2) is 41.2 Å². The molecule has 1 aromatic rings. The molecule has 0 aliphatic carbocycles. The van der Waals surface area contributed by atoms with Crippen molar-refractivity contribution in [1.29, 1.82) is 0 Å². The molecule has 5 heteroatoms. The van der Waals surface area contributed by atoms with Gasteiger partial charge in [-0.3, -0.25) is 5.32 Å². The number of urea groups is 1. The van der Waals surface area contributed by atoms with E-state index < -0.39 is 0 Å². The van der Waals surface area contributed by atoms with Crippen LogP contribution < -0.4 is 5.32 Å². The van der Waals surface area contributed by atoms with Crippen LogP contribution in [0.5, 0.6) is 0 Å². The van der Waals surface area contributed by atoms with Gasteiger partial charge in [-0.1, -0.05) is 6.07 Å². The average molecular weight is 249 g/mol. The smallest absolute Gasteiger partial charge is 0.323 e. The van der Waals surface area contributed by atoms with Crippen LogP contribution in [0, 0.1) is 6.92 Å². The van der Waals surface area contributed by atoms with Crippen LogP contribution in [0.1, 0.15) is 19.4 Å². The van der Waals surface area contributed by atoms with Gasteiger partial charge in [0, 0.05) is 19.3 Å². The third kappa shape index (κ3) is 2.98. The normalized spacial score (nSPS) is 23.8. The summed E-state index contributed by atoms with van der Waals surface area (Å²) in [5.41, 5.74) is 0.959. The summed E-state index contributed by atoms with van der Waals surface area (Å²) >= 11 is 0. The lowest BCUT2D eigenvalue weighted by Gasteiger charge is -2.35. The molecular weight excluding hydrogens is 230 g/mol. The predicted molar refractivity (Wildman–Crippen MR) is 69.6 cm³/mol. The number of carbonyl (C=O) groups is 1. The second-order valence-electron chi connectivity index (χ2n) is 4.76. The van der Waals surface area contributed by atoms with Gasteiger partial charge in [-0.05, 0) is 32.4 Å². The molecule has 1 aliphatic heterocycles. The van der Waals surface area contributed by atoms with Crippen molar-refractivity contribution < 1.29 is 9.53 Å². The Labute approximate surface area is 107 Å². The fourth-order valence-electron chi connectivity index (χ4n) is 2.14. The van der Waals surface area contributed by atoms with Crippen molar-refractivity contribution in [2.75, 3.05) is 18.4 Å². The van der Waals surface area contributed by atoms with Crippen molar-refractivity contribution in [3.63, 3.8) is 0 Å². The summed E-state index contributed by atoms with van der Waals surface area (Å²) in [7, 11) is 0. The predicted octanol–water partition coefficient (Wildman–Crippen LogP) is 2.03. The monoisotopic (exact) mass is 249 g/mol. The number of nitrogens with one attached hydrogen (secondary N) is 1. The summed E-state index contributed by atoms with van der Waals surface area (Å²) in [4.78, 5) is 18.1. The molecule has 18 heavy (non-hydrogen) atoms. The van der Waals surface area contributed by atoms with Gasteiger partial charge in [0.15, 0.2) is 0 Å². The van der Waals surface area contributed by atoms with Crippen molar-refractivity contribution in [2.45, 2.75) is 33.0 Å². The number of aromatic nitrogens is 1. The fraction of sp³-hybridized carbons (Fsp3) is 0.538. The van der Waals surface area contributed by atoms with E-state index in [1.807, 2.05) is 32.9 Å². The number of carbonyl (C=O) groups excluding carboxylic acids is 1. The van der Waals surface area contributed by atoms with Crippen LogP contribution in [-0.2, 0) is 4.74 Å². The Kier molecular flexibility index (Phi) is 3.81. The largest absolute Gasteiger partial charge is 0.372 e. The summed E-state index contributed by atoms with van der Waals surface area (Å²) in [6.45, 7) is 7.10. The van der Waals surface area contributed by atoms with Crippen molar-refractivity contribution >= 4 is 11.8 Å². The van der Waals surface area contributed by atoms with Gasteiger partial charge in [0.2, 0.25) is 0 Å². The molecule has 2 rings (SSSR count). The van der Waals surface area contributed by atoms with Gasteiger partial charge in [-0.2, -0.15) is 0 Å². The molecule has 1 N–H and O–H groups in total. The van der Waals surface area contributed by atoms with E-state index in [0.717, 1.165) is 5.56 Å². The van der Waals surface area contributed by atoms with Crippen LogP contribution in [0.2, 0.25) is 0 Å². The number of pyridine rings is 1. The van der Waals surface area contributed by atoms with Crippen molar-refractivity contribution in [2.24, 2.45) is 0 Å². The standard InChI is InChI=1S/C13H19N3O2/c1-9-5-4-6-14-12(9)15-13(17)16-7-10(2)18-11(3)8-16/h4-6,10-11H,7-8H2,1-3H3,(H,14,15,17). The number of ether oxygens (including phenoxy) is 1. The number of aryl methyl sites for hydroxylation is 1. The SMILES string of the molecule is Cc1cccnc1NC(=O)N1CC(C)OC(C)C1. The van der Waals surface area contributed by atoms with Crippen LogP contribution in [0.3, 0.4) is 0 Å². The zero-order valence-electron chi connectivity index (χ0n) is 11.0. The lowest BCUT2D eigenvalue weighted by Crippen LogP contribution is -2.49. The van der Waals surface area contributed by atoms with E-state index in [-0.39, 0.29) is 18.2 Å². The van der Waals surface area contributed by atoms with E-state index in [1.165, 1.54) is 0 Å². The van der Waals surface area contributed by atoms with Crippen molar-refractivity contribution in [1.82, 2.24) is 9.88 Å². The first-order valence-electron chi connectivity index (χ1n) is 6.19. The molecule has 98 valence electrons. The van der Waals surface area contributed by atoms with E-state index in [4.69, 9.17) is 4.74 Å². The Morgan fingerprint density at radius 3 is 2.72 bits per heavy atom. The van der Waals surface area contributed by atoms with Gasteiger partial charge >= 0.3 is 6.03 Å². The van der Waals surface area contributed by atoms with Gasteiger partial charge in [0.25, 0.3) is 0 Å². The molecule has 1 fully saturated rings. The lowest BCUT2D eigenvalue weighted by atomic mass is 10.2. The lowest BCUT2D eigenvalue weighted by molar-refractivity contribution is -0.0530. The van der Waals surface area contributed by atoms with Crippen molar-refractivity contribution in [3.8, 4) is 0 Å². The molecule has 2 heterocycles. The number of anilines is 1. The molecule has 1 aromatic heterocycles. The molecule has 2 amide bonds. The van der Waals surface area contributed by atoms with Gasteiger partial charge in [-0.25, -0.2) is 9.78 Å². The summed E-state index contributed by atoms with van der Waals surface area (Å²) in [5, 5.41) is 2.84. The second kappa shape index (κ2) is 5.35. The highest BCUT2D eigenvalue weighted by atomic mass is 16.5. The molecule has 0 spiro atoms. The summed E-state index contributed by atoms with van der Waals surface area (Å²) in [5.74, 6) is 0.620. The van der Waals surface area contributed by atoms with Crippen LogP contribution in [0.4, 0.5) is 10.6 Å². The summed E-state index contributed by atoms with van der Waals surface area (Å²) < 4.78 is 5.60. The third-order valence-corrected chi connectivity index (χ3v) is 2.94. The first kappa shape index (κ1) is 12.8. The minimum atomic E-state index is -0.112. The Balaban J connectivity index is 2.02. The number of nitrogens with zero attached hydrogens (tertiary/aromatic N) is 2. The highest BCUT2D eigenvalue weighted by Gasteiger charge is 2.26. The number of hydrogen-bond acceptors (Lipinski definition) is 3. The van der Waals surface area contributed by atoms with E-state index in [9.17, 15) is 4.79 Å². The Hall–Kier alpha value is -1.62. The first-order chi connectivity index (χ1) is 8.56. The van der Waals surface area contributed by atoms with Crippen LogP contribution in [0.15, 0.2) is 18.3 Å². The average Bonchev–Trinajstić information content (AvgIpc) is 2.31. The maximum Gasteiger partial charge on any atom is 0.323 e. The minimum absolute atomic E-state index is 0.0735. The van der Waals surface area contributed by atoms with Crippen LogP contribution >= 0.6 is 0 Å². The molecular formula is C13H19N3O2. The quantitative estimate of drug-likeness (QED) is 0.828. The number of morpholine rings is 1. The summed E-state index contributed by atoms with van der Waals surface area (Å²) in [6.07, 6.45) is 1.82. The molecule has 2 unspecified atom stereocenters. The summed E-state index contributed by atoms with van der Waals surface area (Å²) in [6, 6.07) is 3.66. The first-order valence-corrected chi connectivity index (χ1v) is 6.19. The van der Waals surface area contributed by atoms with Gasteiger partial charge < -0.3 is 9.64 Å². The van der Waals surface area contributed by atoms with Gasteiger partial charge in [-0.15, -0.1) is 0 Å². The number of amides is 2. The molecule has 5 nitrogen and oxygen atoms in total. The number of hydrogen-bond donors (Lipinski definition) is 1. The van der Waals surface area contributed by atoms with E-state index in [1.54, 1.807) is 11.1 Å². The van der Waals surface area contributed by atoms with E-state index >= 15 is 0 Å². The molecule has 0 aromatic carbocycles. The molecule has 2 atom stereocenters. The van der Waals surface area contributed by atoms with E-state index in [0.29, 0.717) is 18.9 Å². The second-order valence-corrected chi connectivity index (χ2v) is 4.76. The Bertz CT molecular complexity index is 426. The molecule has 0 bridgehead atoms. The van der Waals surface area contributed by atoms with Gasteiger partial charge in [0.05, 0.1) is 12.2 Å². The molecule has 1 aliphatic rings. The highest BCUT2D eigenvalue weighted by molar-refractivity contribution is 5.89. The Morgan fingerprint density at radius 2 is 2.11 bits per heavy atom. The fourth-order valence-corrected chi connectivity index (χ4v) is 2.14. The minimum Gasteiger partial charge on any atom is -0.372 e. The highest BCUT2D eigenvalue weighted by Crippen LogP contribution is 2.14. The Morgan fingerprint density at radius 1 is 1.44 bits per heavy atom. The van der Waals surface area contributed by atoms with Crippen LogP contribution in [0.25, 0.3) is 0 Å². The molecule has 0 radical (unpaired) electrons. The topological polar surface area (TPSA) is 54.5 Å². The molecule has 1 saturated heterocycles. The maximum atomic E-state index is 12.1. The maximum absolute atomic E-state index is 12.1. The zero-order valence-corrected chi connectivity index (χ0v) is 11.0. The van der Waals surface area contributed by atoms with Gasteiger partial charge in [0.1, 0.15) is 5.82 Å². The van der Waals surface area contributed by atoms with E-state index in [2.05, 4.69) is 10.3 Å². The molecule has 0 saturated carbocycles. The number of rotatable bonds is 1. The zero-order chi connectivity index (χ0) is 13.1. The third-order valence-electron chi connectivity index (χ3n) is 2.94.